The summed E-state index contributed by atoms with van der Waals surface area (Å²) in [4.78, 5) is 39.8. The van der Waals surface area contributed by atoms with E-state index >= 15 is 0 Å². The number of ether oxygens (including phenoxy) is 1. The summed E-state index contributed by atoms with van der Waals surface area (Å²) in [6.07, 6.45) is -0.350. The molecule has 0 radical (unpaired) electrons. The number of alkyl carbamates (subject to hydrolysis) is 1. The summed E-state index contributed by atoms with van der Waals surface area (Å²) in [6, 6.07) is 3.60. The van der Waals surface area contributed by atoms with Gasteiger partial charge in [-0.15, -0.1) is 0 Å². The molecule has 0 heterocycles. The molecule has 0 aliphatic rings. The van der Waals surface area contributed by atoms with Crippen molar-refractivity contribution in [3.05, 3.63) is 29.8 Å². The third-order valence-electron chi connectivity index (χ3n) is 4.14. The van der Waals surface area contributed by atoms with Gasteiger partial charge in [0, 0.05) is 18.2 Å². The Morgan fingerprint density at radius 1 is 1.13 bits per heavy atom. The molecule has 9 nitrogen and oxygen atoms in total. The number of aliphatic hydroxyl groups excluding tert-OH is 1. The fourth-order valence-electron chi connectivity index (χ4n) is 2.98. The zero-order chi connectivity index (χ0) is 23.8. The van der Waals surface area contributed by atoms with Crippen molar-refractivity contribution >= 4 is 17.9 Å². The Hall–Kier alpha value is -2.81. The topological polar surface area (TPSA) is 128 Å². The molecule has 0 aliphatic carbocycles. The van der Waals surface area contributed by atoms with E-state index in [1.54, 1.807) is 52.8 Å². The summed E-state index contributed by atoms with van der Waals surface area (Å²) >= 11 is 0. The number of para-hydroxylation sites is 1. The Kier molecular flexibility index (Phi) is 9.77. The molecule has 0 fully saturated rings. The summed E-state index contributed by atoms with van der Waals surface area (Å²) in [7, 11) is 0. The molecule has 9 heteroatoms. The summed E-state index contributed by atoms with van der Waals surface area (Å²) in [5.74, 6) is -1.28. The first-order chi connectivity index (χ1) is 14.4. The standard InChI is InChI=1S/C22H35N3O6/c1-7-12-25(20(29)16(13-26)24-21(30)31-22(4,5)6)18(19(28)23-14(2)3)15-10-8-9-11-17(15)27/h8-11,14,16,18,26-27H,7,12-13H2,1-6H3,(H,23,28)(H,24,30). The predicted molar refractivity (Wildman–Crippen MR) is 116 cm³/mol. The van der Waals surface area contributed by atoms with E-state index in [1.165, 1.54) is 11.0 Å². The van der Waals surface area contributed by atoms with Gasteiger partial charge in [0.05, 0.1) is 6.61 Å². The Balaban J connectivity index is 3.32. The molecule has 2 atom stereocenters. The molecule has 0 aromatic heterocycles. The lowest BCUT2D eigenvalue weighted by Crippen LogP contribution is -2.55. The van der Waals surface area contributed by atoms with Crippen LogP contribution in [0.4, 0.5) is 4.79 Å². The van der Waals surface area contributed by atoms with Crippen LogP contribution in [0.2, 0.25) is 0 Å². The minimum absolute atomic E-state index is 0.138. The SMILES string of the molecule is CCCN(C(=O)C(CO)NC(=O)OC(C)(C)C)C(C(=O)NC(C)C)c1ccccc1O. The van der Waals surface area contributed by atoms with Crippen LogP contribution >= 0.6 is 0 Å². The Bertz CT molecular complexity index is 760. The molecule has 0 spiro atoms. The molecule has 3 amide bonds. The lowest BCUT2D eigenvalue weighted by molar-refractivity contribution is -0.143. The minimum atomic E-state index is -1.32. The number of aromatic hydroxyl groups is 1. The summed E-state index contributed by atoms with van der Waals surface area (Å²) in [5.41, 5.74) is -0.539. The Morgan fingerprint density at radius 2 is 1.74 bits per heavy atom. The quantitative estimate of drug-likeness (QED) is 0.468. The van der Waals surface area contributed by atoms with Crippen LogP contribution in [-0.2, 0) is 14.3 Å². The van der Waals surface area contributed by atoms with Crippen molar-refractivity contribution in [2.75, 3.05) is 13.2 Å². The number of carbonyl (C=O) groups is 3. The Labute approximate surface area is 183 Å². The van der Waals surface area contributed by atoms with Crippen LogP contribution in [0, 0.1) is 0 Å². The second-order valence-corrected chi connectivity index (χ2v) is 8.54. The van der Waals surface area contributed by atoms with Crippen LogP contribution in [0.5, 0.6) is 5.75 Å². The van der Waals surface area contributed by atoms with E-state index in [0.29, 0.717) is 6.42 Å². The molecule has 0 saturated carbocycles. The number of rotatable bonds is 9. The van der Waals surface area contributed by atoms with Crippen LogP contribution in [0.25, 0.3) is 0 Å². The third-order valence-corrected chi connectivity index (χ3v) is 4.14. The highest BCUT2D eigenvalue weighted by Crippen LogP contribution is 2.30. The third kappa shape index (κ3) is 8.09. The van der Waals surface area contributed by atoms with Crippen molar-refractivity contribution < 1.29 is 29.3 Å². The molecule has 0 bridgehead atoms. The highest BCUT2D eigenvalue weighted by molar-refractivity contribution is 5.92. The number of nitrogens with zero attached hydrogens (tertiary/aromatic N) is 1. The van der Waals surface area contributed by atoms with Crippen LogP contribution in [0.15, 0.2) is 24.3 Å². The monoisotopic (exact) mass is 437 g/mol. The van der Waals surface area contributed by atoms with Crippen molar-refractivity contribution in [2.24, 2.45) is 0 Å². The lowest BCUT2D eigenvalue weighted by atomic mass is 10.0. The first kappa shape index (κ1) is 26.2. The summed E-state index contributed by atoms with van der Waals surface area (Å²) in [5, 5.41) is 25.3. The van der Waals surface area contributed by atoms with E-state index in [1.807, 2.05) is 6.92 Å². The van der Waals surface area contributed by atoms with Crippen LogP contribution < -0.4 is 10.6 Å². The molecule has 0 aliphatic heterocycles. The second-order valence-electron chi connectivity index (χ2n) is 8.54. The fraction of sp³-hybridized carbons (Fsp3) is 0.591. The van der Waals surface area contributed by atoms with E-state index in [-0.39, 0.29) is 23.9 Å². The van der Waals surface area contributed by atoms with Crippen LogP contribution in [0.3, 0.4) is 0 Å². The van der Waals surface area contributed by atoms with Gasteiger partial charge >= 0.3 is 6.09 Å². The van der Waals surface area contributed by atoms with E-state index in [0.717, 1.165) is 0 Å². The number of hydrogen-bond donors (Lipinski definition) is 4. The minimum Gasteiger partial charge on any atom is -0.508 e. The van der Waals surface area contributed by atoms with Crippen molar-refractivity contribution in [1.82, 2.24) is 15.5 Å². The van der Waals surface area contributed by atoms with E-state index in [4.69, 9.17) is 4.74 Å². The van der Waals surface area contributed by atoms with E-state index in [9.17, 15) is 24.6 Å². The number of hydrogen-bond acceptors (Lipinski definition) is 6. The zero-order valence-electron chi connectivity index (χ0n) is 19.1. The first-order valence-corrected chi connectivity index (χ1v) is 10.4. The summed E-state index contributed by atoms with van der Waals surface area (Å²) in [6.45, 7) is 9.91. The van der Waals surface area contributed by atoms with Gasteiger partial charge in [-0.1, -0.05) is 25.1 Å². The molecule has 174 valence electrons. The lowest BCUT2D eigenvalue weighted by Gasteiger charge is -2.34. The molecule has 0 saturated heterocycles. The average molecular weight is 438 g/mol. The van der Waals surface area contributed by atoms with Gasteiger partial charge in [0.2, 0.25) is 11.8 Å². The first-order valence-electron chi connectivity index (χ1n) is 10.4. The van der Waals surface area contributed by atoms with Gasteiger partial charge < -0.3 is 30.5 Å². The molecule has 31 heavy (non-hydrogen) atoms. The number of amides is 3. The largest absolute Gasteiger partial charge is 0.508 e. The van der Waals surface area contributed by atoms with E-state index < -0.39 is 42.2 Å². The van der Waals surface area contributed by atoms with Gasteiger partial charge in [0.15, 0.2) is 0 Å². The van der Waals surface area contributed by atoms with Crippen molar-refractivity contribution in [2.45, 2.75) is 71.7 Å². The zero-order valence-corrected chi connectivity index (χ0v) is 19.1. The Morgan fingerprint density at radius 3 is 2.23 bits per heavy atom. The molecule has 2 unspecified atom stereocenters. The second kappa shape index (κ2) is 11.5. The average Bonchev–Trinajstić information content (AvgIpc) is 2.64. The summed E-state index contributed by atoms with van der Waals surface area (Å²) < 4.78 is 5.17. The maximum atomic E-state index is 13.3. The van der Waals surface area contributed by atoms with Crippen LogP contribution in [0.1, 0.15) is 59.6 Å². The molecular weight excluding hydrogens is 402 g/mol. The molecule has 1 aromatic carbocycles. The number of carbonyl (C=O) groups excluding carboxylic acids is 3. The van der Waals surface area contributed by atoms with Crippen molar-refractivity contribution in [1.29, 1.82) is 0 Å². The van der Waals surface area contributed by atoms with Crippen LogP contribution in [-0.4, -0.2) is 63.9 Å². The smallest absolute Gasteiger partial charge is 0.408 e. The maximum Gasteiger partial charge on any atom is 0.408 e. The number of phenols is 1. The van der Waals surface area contributed by atoms with Gasteiger partial charge in [-0.2, -0.15) is 0 Å². The van der Waals surface area contributed by atoms with Gasteiger partial charge in [-0.3, -0.25) is 9.59 Å². The van der Waals surface area contributed by atoms with Gasteiger partial charge in [0.25, 0.3) is 0 Å². The van der Waals surface area contributed by atoms with Crippen molar-refractivity contribution in [3.63, 3.8) is 0 Å². The highest BCUT2D eigenvalue weighted by Gasteiger charge is 2.37. The van der Waals surface area contributed by atoms with Gasteiger partial charge in [-0.25, -0.2) is 4.79 Å². The predicted octanol–water partition coefficient (Wildman–Crippen LogP) is 2.08. The van der Waals surface area contributed by atoms with E-state index in [2.05, 4.69) is 10.6 Å². The number of aliphatic hydroxyl groups is 1. The number of phenolic OH excluding ortho intramolecular Hbond substituents is 1. The molecule has 1 rings (SSSR count). The number of nitrogens with one attached hydrogen (secondary N) is 2. The molecule has 4 N–H and O–H groups in total. The van der Waals surface area contributed by atoms with Crippen molar-refractivity contribution in [3.8, 4) is 5.75 Å². The van der Waals surface area contributed by atoms with Gasteiger partial charge in [0.1, 0.15) is 23.4 Å². The fourth-order valence-corrected chi connectivity index (χ4v) is 2.98. The van der Waals surface area contributed by atoms with Gasteiger partial charge in [-0.05, 0) is 47.1 Å². The molecular formula is C22H35N3O6. The maximum absolute atomic E-state index is 13.3. The normalized spacial score (nSPS) is 13.3. The molecule has 1 aromatic rings. The highest BCUT2D eigenvalue weighted by atomic mass is 16.6. The number of benzene rings is 1.